The summed E-state index contributed by atoms with van der Waals surface area (Å²) in [7, 11) is 0. The molecular formula is C8H13NS. The van der Waals surface area contributed by atoms with Crippen molar-refractivity contribution >= 4 is 11.8 Å². The number of nitrogens with two attached hydrogens (primary N) is 1. The van der Waals surface area contributed by atoms with Gasteiger partial charge in [-0.3, -0.25) is 0 Å². The molecule has 0 aliphatic carbocycles. The van der Waals surface area contributed by atoms with Gasteiger partial charge in [0.15, 0.2) is 0 Å². The minimum atomic E-state index is -0.0229. The zero-order valence-corrected chi connectivity index (χ0v) is 6.86. The largest absolute Gasteiger partial charge is 0.317 e. The van der Waals surface area contributed by atoms with Crippen molar-refractivity contribution in [1.82, 2.24) is 0 Å². The molecule has 1 nitrogen and oxygen atoms in total. The second kappa shape index (κ2) is 3.90. The molecule has 0 aromatic carbocycles. The number of hydrogen-bond donors (Lipinski definition) is 1. The number of thioether (sulfide) groups is 1. The highest BCUT2D eigenvalue weighted by Gasteiger charge is 2.18. The van der Waals surface area contributed by atoms with Crippen molar-refractivity contribution in [2.45, 2.75) is 30.6 Å². The Morgan fingerprint density at radius 2 is 2.40 bits per heavy atom. The summed E-state index contributed by atoms with van der Waals surface area (Å²) < 4.78 is 0. The third-order valence-corrected chi connectivity index (χ3v) is 3.29. The maximum Gasteiger partial charge on any atom is 0.0782 e. The minimum absolute atomic E-state index is 0.0229. The van der Waals surface area contributed by atoms with Gasteiger partial charge in [0, 0.05) is 5.25 Å². The van der Waals surface area contributed by atoms with Crippen molar-refractivity contribution in [1.29, 1.82) is 0 Å². The van der Waals surface area contributed by atoms with E-state index in [0.717, 1.165) is 0 Å². The van der Waals surface area contributed by atoms with Gasteiger partial charge in [0.05, 0.1) is 6.04 Å². The molecular weight excluding hydrogens is 142 g/mol. The van der Waals surface area contributed by atoms with E-state index < -0.39 is 0 Å². The maximum atomic E-state index is 5.69. The van der Waals surface area contributed by atoms with E-state index in [1.165, 1.54) is 25.0 Å². The molecule has 2 atom stereocenters. The Labute approximate surface area is 66.8 Å². The first-order valence-electron chi connectivity index (χ1n) is 3.68. The summed E-state index contributed by atoms with van der Waals surface area (Å²) in [6.07, 6.45) is 9.05. The molecule has 2 heteroatoms. The molecule has 1 heterocycles. The Hall–Kier alpha value is -0.130. The predicted octanol–water partition coefficient (Wildman–Crippen LogP) is 1.23. The van der Waals surface area contributed by atoms with Gasteiger partial charge in [0.1, 0.15) is 0 Å². The van der Waals surface area contributed by atoms with Crippen LogP contribution < -0.4 is 5.73 Å². The number of rotatable bonds is 1. The Bertz CT molecular complexity index is 133. The molecule has 1 saturated heterocycles. The van der Waals surface area contributed by atoms with Gasteiger partial charge >= 0.3 is 0 Å². The topological polar surface area (TPSA) is 26.0 Å². The Morgan fingerprint density at radius 3 is 2.90 bits per heavy atom. The summed E-state index contributed by atoms with van der Waals surface area (Å²) in [6, 6.07) is -0.0229. The van der Waals surface area contributed by atoms with E-state index in [4.69, 9.17) is 12.2 Å². The molecule has 1 aliphatic heterocycles. The van der Waals surface area contributed by atoms with E-state index in [-0.39, 0.29) is 6.04 Å². The standard InChI is InChI=1S/C8H13NS/c1-2-7(9)8-5-3-4-6-10-8/h1,7-8H,3-6,9H2. The quantitative estimate of drug-likeness (QED) is 0.576. The zero-order chi connectivity index (χ0) is 7.40. The SMILES string of the molecule is C#CC(N)C1CCCCS1. The molecule has 0 aromatic rings. The summed E-state index contributed by atoms with van der Waals surface area (Å²) in [5.41, 5.74) is 5.69. The van der Waals surface area contributed by atoms with Crippen molar-refractivity contribution in [3.8, 4) is 12.3 Å². The molecule has 2 unspecified atom stereocenters. The van der Waals surface area contributed by atoms with Crippen LogP contribution in [-0.4, -0.2) is 17.0 Å². The summed E-state index contributed by atoms with van der Waals surface area (Å²) in [4.78, 5) is 0. The Kier molecular flexibility index (Phi) is 3.11. The third kappa shape index (κ3) is 1.93. The highest BCUT2D eigenvalue weighted by molar-refractivity contribution is 8.00. The predicted molar refractivity (Wildman–Crippen MR) is 46.9 cm³/mol. The van der Waals surface area contributed by atoms with E-state index >= 15 is 0 Å². The van der Waals surface area contributed by atoms with Crippen LogP contribution in [-0.2, 0) is 0 Å². The first-order chi connectivity index (χ1) is 4.84. The van der Waals surface area contributed by atoms with E-state index in [9.17, 15) is 0 Å². The van der Waals surface area contributed by atoms with Gasteiger partial charge in [-0.2, -0.15) is 11.8 Å². The van der Waals surface area contributed by atoms with Crippen molar-refractivity contribution in [2.24, 2.45) is 5.73 Å². The molecule has 0 bridgehead atoms. The van der Waals surface area contributed by atoms with Crippen LogP contribution in [0.25, 0.3) is 0 Å². The first kappa shape index (κ1) is 7.97. The van der Waals surface area contributed by atoms with Crippen molar-refractivity contribution < 1.29 is 0 Å². The molecule has 0 aromatic heterocycles. The molecule has 0 saturated carbocycles. The maximum absolute atomic E-state index is 5.69. The fourth-order valence-electron chi connectivity index (χ4n) is 1.16. The van der Waals surface area contributed by atoms with Crippen LogP contribution in [0.3, 0.4) is 0 Å². The zero-order valence-electron chi connectivity index (χ0n) is 6.05. The van der Waals surface area contributed by atoms with Gasteiger partial charge < -0.3 is 5.73 Å². The fraction of sp³-hybridized carbons (Fsp3) is 0.750. The highest BCUT2D eigenvalue weighted by Crippen LogP contribution is 2.26. The second-order valence-corrected chi connectivity index (χ2v) is 3.94. The molecule has 0 spiro atoms. The fourth-order valence-corrected chi connectivity index (χ4v) is 2.45. The van der Waals surface area contributed by atoms with Crippen LogP contribution >= 0.6 is 11.8 Å². The van der Waals surface area contributed by atoms with Crippen LogP contribution in [0.4, 0.5) is 0 Å². The Morgan fingerprint density at radius 1 is 1.60 bits per heavy atom. The number of terminal acetylenes is 1. The van der Waals surface area contributed by atoms with E-state index in [1.54, 1.807) is 0 Å². The summed E-state index contributed by atoms with van der Waals surface area (Å²) >= 11 is 1.93. The lowest BCUT2D eigenvalue weighted by molar-refractivity contribution is 0.629. The van der Waals surface area contributed by atoms with Crippen molar-refractivity contribution in [3.05, 3.63) is 0 Å². The molecule has 1 fully saturated rings. The molecule has 1 rings (SSSR count). The monoisotopic (exact) mass is 155 g/mol. The third-order valence-electron chi connectivity index (χ3n) is 1.81. The van der Waals surface area contributed by atoms with Gasteiger partial charge in [-0.15, -0.1) is 6.42 Å². The summed E-state index contributed by atoms with van der Waals surface area (Å²) in [5, 5.41) is 0.527. The van der Waals surface area contributed by atoms with E-state index in [1.807, 2.05) is 11.8 Å². The van der Waals surface area contributed by atoms with Gasteiger partial charge in [-0.25, -0.2) is 0 Å². The van der Waals surface area contributed by atoms with Crippen molar-refractivity contribution in [3.63, 3.8) is 0 Å². The normalized spacial score (nSPS) is 29.0. The number of hydrogen-bond acceptors (Lipinski definition) is 2. The van der Waals surface area contributed by atoms with Crippen LogP contribution in [0.1, 0.15) is 19.3 Å². The van der Waals surface area contributed by atoms with Crippen molar-refractivity contribution in [2.75, 3.05) is 5.75 Å². The smallest absolute Gasteiger partial charge is 0.0782 e. The minimum Gasteiger partial charge on any atom is -0.317 e. The average molecular weight is 155 g/mol. The molecule has 1 aliphatic rings. The first-order valence-corrected chi connectivity index (χ1v) is 4.73. The molecule has 0 radical (unpaired) electrons. The summed E-state index contributed by atoms with van der Waals surface area (Å²) in [6.45, 7) is 0. The van der Waals surface area contributed by atoms with Crippen LogP contribution in [0.2, 0.25) is 0 Å². The van der Waals surface area contributed by atoms with Crippen LogP contribution in [0.15, 0.2) is 0 Å². The second-order valence-electron chi connectivity index (χ2n) is 2.60. The van der Waals surface area contributed by atoms with Gasteiger partial charge in [-0.05, 0) is 18.6 Å². The lowest BCUT2D eigenvalue weighted by Crippen LogP contribution is -2.32. The van der Waals surface area contributed by atoms with E-state index in [0.29, 0.717) is 5.25 Å². The molecule has 0 amide bonds. The van der Waals surface area contributed by atoms with Gasteiger partial charge in [-0.1, -0.05) is 12.3 Å². The highest BCUT2D eigenvalue weighted by atomic mass is 32.2. The summed E-state index contributed by atoms with van der Waals surface area (Å²) in [5.74, 6) is 3.83. The van der Waals surface area contributed by atoms with E-state index in [2.05, 4.69) is 5.92 Å². The van der Waals surface area contributed by atoms with Crippen LogP contribution in [0.5, 0.6) is 0 Å². The lowest BCUT2D eigenvalue weighted by Gasteiger charge is -2.23. The average Bonchev–Trinajstić information content (AvgIpc) is 2.05. The molecule has 56 valence electrons. The molecule has 2 N–H and O–H groups in total. The lowest BCUT2D eigenvalue weighted by atomic mass is 10.1. The Balaban J connectivity index is 2.33. The van der Waals surface area contributed by atoms with Crippen LogP contribution in [0, 0.1) is 12.3 Å². The van der Waals surface area contributed by atoms with Gasteiger partial charge in [0.2, 0.25) is 0 Å². The molecule has 10 heavy (non-hydrogen) atoms. The van der Waals surface area contributed by atoms with Gasteiger partial charge in [0.25, 0.3) is 0 Å².